The quantitative estimate of drug-likeness (QED) is 0.342. The molecule has 0 aromatic heterocycles. The number of hydrogen-bond donors (Lipinski definition) is 0. The Hall–Kier alpha value is -3.45. The summed E-state index contributed by atoms with van der Waals surface area (Å²) in [6.07, 6.45) is 0. The van der Waals surface area contributed by atoms with E-state index >= 15 is 0 Å². The van der Waals surface area contributed by atoms with E-state index in [1.54, 1.807) is 12.1 Å². The first-order chi connectivity index (χ1) is 14.8. The first-order valence-electron chi connectivity index (χ1n) is 9.13. The smallest absolute Gasteiger partial charge is 0.207 e. The van der Waals surface area contributed by atoms with Crippen LogP contribution in [-0.4, -0.2) is 8.42 Å². The van der Waals surface area contributed by atoms with Gasteiger partial charge in [0.2, 0.25) is 9.84 Å². The van der Waals surface area contributed by atoms with Gasteiger partial charge < -0.3 is 0 Å². The molecule has 4 aromatic rings. The van der Waals surface area contributed by atoms with Crippen molar-refractivity contribution in [3.63, 3.8) is 0 Å². The van der Waals surface area contributed by atoms with Crippen molar-refractivity contribution < 1.29 is 26.0 Å². The van der Waals surface area contributed by atoms with Gasteiger partial charge in [-0.3, -0.25) is 0 Å². The predicted octanol–water partition coefficient (Wildman–Crippen LogP) is 6.41. The molecule has 0 aliphatic carbocycles. The van der Waals surface area contributed by atoms with Crippen LogP contribution in [0, 0.1) is 23.3 Å². The Morgan fingerprint density at radius 2 is 0.871 bits per heavy atom. The third-order valence-electron chi connectivity index (χ3n) is 4.81. The SMILES string of the molecule is O=S(=O)(c1ccccc1-c1ccc(F)c(F)c1)c1ccccc1-c1ccc(F)c(F)c1. The van der Waals surface area contributed by atoms with E-state index in [1.807, 2.05) is 0 Å². The Morgan fingerprint density at radius 3 is 1.26 bits per heavy atom. The number of benzene rings is 4. The van der Waals surface area contributed by atoms with Crippen molar-refractivity contribution in [2.24, 2.45) is 0 Å². The van der Waals surface area contributed by atoms with E-state index in [0.717, 1.165) is 24.3 Å². The summed E-state index contributed by atoms with van der Waals surface area (Å²) in [5, 5.41) is 0. The maximum absolute atomic E-state index is 13.8. The molecule has 31 heavy (non-hydrogen) atoms. The zero-order chi connectivity index (χ0) is 22.2. The number of halogens is 4. The lowest BCUT2D eigenvalue weighted by Crippen LogP contribution is -2.06. The Balaban J connectivity index is 1.92. The molecule has 0 aliphatic heterocycles. The van der Waals surface area contributed by atoms with E-state index in [1.165, 1.54) is 48.5 Å². The van der Waals surface area contributed by atoms with Crippen LogP contribution >= 0.6 is 0 Å². The summed E-state index contributed by atoms with van der Waals surface area (Å²) in [6, 6.07) is 18.1. The molecule has 0 fully saturated rings. The van der Waals surface area contributed by atoms with Crippen molar-refractivity contribution in [3.8, 4) is 22.3 Å². The largest absolute Gasteiger partial charge is 0.218 e. The Kier molecular flexibility index (Phi) is 5.37. The molecule has 4 aromatic carbocycles. The number of rotatable bonds is 4. The summed E-state index contributed by atoms with van der Waals surface area (Å²) in [6.45, 7) is 0. The van der Waals surface area contributed by atoms with Crippen LogP contribution in [0.4, 0.5) is 17.6 Å². The lowest BCUT2D eigenvalue weighted by Gasteiger charge is -2.14. The Morgan fingerprint density at radius 1 is 0.484 bits per heavy atom. The van der Waals surface area contributed by atoms with Crippen LogP contribution in [0.25, 0.3) is 22.3 Å². The third kappa shape index (κ3) is 3.84. The van der Waals surface area contributed by atoms with Crippen LogP contribution in [0.2, 0.25) is 0 Å². The molecule has 0 unspecified atom stereocenters. The fraction of sp³-hybridized carbons (Fsp3) is 0. The summed E-state index contributed by atoms with van der Waals surface area (Å²) in [4.78, 5) is -0.257. The van der Waals surface area contributed by atoms with E-state index in [4.69, 9.17) is 0 Å². The van der Waals surface area contributed by atoms with Gasteiger partial charge in [-0.05, 0) is 47.5 Å². The normalized spacial score (nSPS) is 11.5. The van der Waals surface area contributed by atoms with Crippen LogP contribution in [0.5, 0.6) is 0 Å². The second kappa shape index (κ2) is 8.00. The zero-order valence-corrected chi connectivity index (χ0v) is 16.6. The van der Waals surface area contributed by atoms with Gasteiger partial charge in [0.25, 0.3) is 0 Å². The Bertz CT molecular complexity index is 1300. The second-order valence-electron chi connectivity index (χ2n) is 6.75. The molecule has 0 bridgehead atoms. The van der Waals surface area contributed by atoms with Crippen molar-refractivity contribution in [1.29, 1.82) is 0 Å². The summed E-state index contributed by atoms with van der Waals surface area (Å²) in [5.74, 6) is -4.31. The monoisotopic (exact) mass is 442 g/mol. The molecule has 0 amide bonds. The molecule has 156 valence electrons. The molecule has 4 rings (SSSR count). The highest BCUT2D eigenvalue weighted by Crippen LogP contribution is 2.36. The van der Waals surface area contributed by atoms with Gasteiger partial charge in [-0.1, -0.05) is 48.5 Å². The molecule has 0 N–H and O–H groups in total. The van der Waals surface area contributed by atoms with Crippen molar-refractivity contribution in [2.75, 3.05) is 0 Å². The average Bonchev–Trinajstić information content (AvgIpc) is 2.77. The lowest BCUT2D eigenvalue weighted by molar-refractivity contribution is 0.509. The van der Waals surface area contributed by atoms with Crippen LogP contribution < -0.4 is 0 Å². The van der Waals surface area contributed by atoms with Gasteiger partial charge >= 0.3 is 0 Å². The maximum atomic E-state index is 13.8. The molecule has 0 radical (unpaired) electrons. The maximum Gasteiger partial charge on any atom is 0.207 e. The summed E-state index contributed by atoms with van der Waals surface area (Å²) in [5.41, 5.74) is 0.731. The van der Waals surface area contributed by atoms with Gasteiger partial charge in [0, 0.05) is 11.1 Å². The van der Waals surface area contributed by atoms with Gasteiger partial charge in [-0.15, -0.1) is 0 Å². The van der Waals surface area contributed by atoms with Gasteiger partial charge in [0.1, 0.15) is 0 Å². The van der Waals surface area contributed by atoms with Crippen molar-refractivity contribution in [1.82, 2.24) is 0 Å². The highest BCUT2D eigenvalue weighted by atomic mass is 32.2. The van der Waals surface area contributed by atoms with E-state index in [-0.39, 0.29) is 32.0 Å². The highest BCUT2D eigenvalue weighted by molar-refractivity contribution is 7.91. The molecule has 7 heteroatoms. The van der Waals surface area contributed by atoms with Crippen LogP contribution in [-0.2, 0) is 9.84 Å². The summed E-state index contributed by atoms with van der Waals surface area (Å²) in [7, 11) is -4.17. The summed E-state index contributed by atoms with van der Waals surface area (Å²) < 4.78 is 81.5. The van der Waals surface area contributed by atoms with Crippen LogP contribution in [0.3, 0.4) is 0 Å². The molecule has 2 nitrogen and oxygen atoms in total. The number of sulfone groups is 1. The third-order valence-corrected chi connectivity index (χ3v) is 6.68. The molecular formula is C24H14F4O2S. The van der Waals surface area contributed by atoms with Gasteiger partial charge in [0.05, 0.1) is 9.79 Å². The van der Waals surface area contributed by atoms with Gasteiger partial charge in [-0.2, -0.15) is 0 Å². The highest BCUT2D eigenvalue weighted by Gasteiger charge is 2.25. The van der Waals surface area contributed by atoms with E-state index < -0.39 is 33.1 Å². The minimum Gasteiger partial charge on any atom is -0.218 e. The fourth-order valence-corrected chi connectivity index (χ4v) is 5.03. The molecule has 0 aliphatic rings. The zero-order valence-electron chi connectivity index (χ0n) is 15.8. The summed E-state index contributed by atoms with van der Waals surface area (Å²) >= 11 is 0. The van der Waals surface area contributed by atoms with Gasteiger partial charge in [-0.25, -0.2) is 26.0 Å². The van der Waals surface area contributed by atoms with Crippen molar-refractivity contribution in [2.45, 2.75) is 9.79 Å². The van der Waals surface area contributed by atoms with E-state index in [2.05, 4.69) is 0 Å². The van der Waals surface area contributed by atoms with Crippen molar-refractivity contribution >= 4 is 9.84 Å². The Labute approximate surface area is 176 Å². The molecule has 0 saturated heterocycles. The van der Waals surface area contributed by atoms with E-state index in [0.29, 0.717) is 0 Å². The standard InChI is InChI=1S/C24H14F4O2S/c25-19-11-9-15(13-21(19)27)17-5-1-3-7-23(17)31(29,30)24-8-4-2-6-18(24)16-10-12-20(26)22(28)14-16/h1-14H. The lowest BCUT2D eigenvalue weighted by atomic mass is 10.1. The average molecular weight is 442 g/mol. The second-order valence-corrected chi connectivity index (χ2v) is 8.64. The van der Waals surface area contributed by atoms with Gasteiger partial charge in [0.15, 0.2) is 23.3 Å². The molecule has 0 heterocycles. The fourth-order valence-electron chi connectivity index (χ4n) is 3.32. The van der Waals surface area contributed by atoms with Crippen LogP contribution in [0.15, 0.2) is 94.7 Å². The topological polar surface area (TPSA) is 34.1 Å². The van der Waals surface area contributed by atoms with Crippen molar-refractivity contribution in [3.05, 3.63) is 108 Å². The first-order valence-corrected chi connectivity index (χ1v) is 10.6. The molecule has 0 spiro atoms. The molecule has 0 saturated carbocycles. The minimum atomic E-state index is -4.17. The first kappa shape index (κ1) is 20.8. The van der Waals surface area contributed by atoms with Crippen LogP contribution in [0.1, 0.15) is 0 Å². The van der Waals surface area contributed by atoms with E-state index in [9.17, 15) is 26.0 Å². The molecular weight excluding hydrogens is 428 g/mol. The molecule has 0 atom stereocenters. The minimum absolute atomic E-state index is 0.129. The predicted molar refractivity (Wildman–Crippen MR) is 109 cm³/mol. The number of hydrogen-bond acceptors (Lipinski definition) is 2.